The highest BCUT2D eigenvalue weighted by Gasteiger charge is 2.39. The number of aryl methyl sites for hydroxylation is 1. The van der Waals surface area contributed by atoms with Gasteiger partial charge in [-0.15, -0.1) is 0 Å². The molecule has 11 heteroatoms. The van der Waals surface area contributed by atoms with Crippen molar-refractivity contribution >= 4 is 17.7 Å². The summed E-state index contributed by atoms with van der Waals surface area (Å²) in [4.78, 5) is 40.7. The van der Waals surface area contributed by atoms with Crippen LogP contribution in [0.25, 0.3) is 0 Å². The van der Waals surface area contributed by atoms with Crippen molar-refractivity contribution in [3.05, 3.63) is 71.1 Å². The summed E-state index contributed by atoms with van der Waals surface area (Å²) in [6.45, 7) is 2.85. The Morgan fingerprint density at radius 1 is 1.07 bits per heavy atom. The third-order valence-electron chi connectivity index (χ3n) is 7.11. The number of nitrogens with zero attached hydrogens (tertiary/aromatic N) is 2. The first kappa shape index (κ1) is 25.7. The van der Waals surface area contributed by atoms with Crippen LogP contribution in [0.3, 0.4) is 0 Å². The van der Waals surface area contributed by atoms with Crippen molar-refractivity contribution in [1.82, 2.24) is 20.7 Å². The first-order valence-electron chi connectivity index (χ1n) is 13.4. The highest BCUT2D eigenvalue weighted by Crippen LogP contribution is 2.31. The van der Waals surface area contributed by atoms with Crippen LogP contribution < -0.4 is 24.8 Å². The van der Waals surface area contributed by atoms with Crippen LogP contribution in [0.1, 0.15) is 45.0 Å². The first-order valence-corrected chi connectivity index (χ1v) is 13.4. The van der Waals surface area contributed by atoms with E-state index in [4.69, 9.17) is 18.7 Å². The van der Waals surface area contributed by atoms with Crippen LogP contribution in [0.15, 0.2) is 53.1 Å². The fraction of sp³-hybridized carbons (Fsp3) is 0.379. The van der Waals surface area contributed by atoms with E-state index in [2.05, 4.69) is 15.8 Å². The number of ether oxygens (including phenoxy) is 3. The second-order valence-corrected chi connectivity index (χ2v) is 10.4. The van der Waals surface area contributed by atoms with E-state index in [1.54, 1.807) is 48.2 Å². The molecule has 3 aliphatic heterocycles. The van der Waals surface area contributed by atoms with Gasteiger partial charge < -0.3 is 34.3 Å². The third kappa shape index (κ3) is 6.03. The van der Waals surface area contributed by atoms with Crippen molar-refractivity contribution < 1.29 is 33.1 Å². The number of hydrogen-bond acceptors (Lipinski definition) is 8. The Kier molecular flexibility index (Phi) is 7.02. The van der Waals surface area contributed by atoms with E-state index >= 15 is 0 Å². The van der Waals surface area contributed by atoms with E-state index in [-0.39, 0.29) is 43.1 Å². The van der Waals surface area contributed by atoms with E-state index in [9.17, 15) is 14.4 Å². The molecule has 3 aromatic rings. The molecule has 11 nitrogen and oxygen atoms in total. The first-order chi connectivity index (χ1) is 19.4. The molecule has 4 heterocycles. The van der Waals surface area contributed by atoms with Crippen LogP contribution in [0.5, 0.6) is 17.2 Å². The van der Waals surface area contributed by atoms with Gasteiger partial charge in [0, 0.05) is 30.8 Å². The maximum absolute atomic E-state index is 13.5. The monoisotopic (exact) mass is 546 g/mol. The van der Waals surface area contributed by atoms with Gasteiger partial charge in [0.2, 0.25) is 0 Å². The van der Waals surface area contributed by atoms with Crippen LogP contribution in [0.2, 0.25) is 0 Å². The quantitative estimate of drug-likeness (QED) is 0.510. The van der Waals surface area contributed by atoms with E-state index < -0.39 is 12.1 Å². The summed E-state index contributed by atoms with van der Waals surface area (Å²) in [7, 11) is 0. The van der Waals surface area contributed by atoms with Gasteiger partial charge in [-0.3, -0.25) is 14.4 Å². The molecule has 208 valence electrons. The standard InChI is InChI=1S/C29H30N4O7/c1-17-8-24(32-40-17)29(36)33-13-25-26(14-33)39-21-6-4-18(5-7-21)12-30-27(34)16-38-23-10-20(28(35)31-25)9-22(11-23)37-15-19-2-3-19/h4-11,19,25-26H,2-3,12-16H2,1H3,(H,30,34)(H,31,35)/t25-,26-/m0/s1. The topological polar surface area (TPSA) is 132 Å². The number of benzene rings is 2. The summed E-state index contributed by atoms with van der Waals surface area (Å²) in [5.41, 5.74) is 1.40. The highest BCUT2D eigenvalue weighted by atomic mass is 16.5. The smallest absolute Gasteiger partial charge is 0.276 e. The SMILES string of the molecule is Cc1cc(C(=O)N2C[C@@H]3NC(=O)c4cc(cc(OCC5CC5)c4)OCC(=O)NCc4ccc(cc4)O[C@H]3C2)no1. The molecule has 2 N–H and O–H groups in total. The third-order valence-corrected chi connectivity index (χ3v) is 7.11. The van der Waals surface area contributed by atoms with E-state index in [0.29, 0.717) is 47.6 Å². The molecule has 1 saturated carbocycles. The fourth-order valence-corrected chi connectivity index (χ4v) is 4.71. The Labute approximate surface area is 230 Å². The number of carbonyl (C=O) groups excluding carboxylic acids is 3. The lowest BCUT2D eigenvalue weighted by atomic mass is 10.1. The molecular formula is C29H30N4O7. The van der Waals surface area contributed by atoms with Crippen molar-refractivity contribution in [2.75, 3.05) is 26.3 Å². The van der Waals surface area contributed by atoms with Gasteiger partial charge in [-0.25, -0.2) is 0 Å². The van der Waals surface area contributed by atoms with E-state index in [1.807, 2.05) is 12.1 Å². The van der Waals surface area contributed by atoms with Crippen LogP contribution in [-0.4, -0.2) is 66.2 Å². The zero-order valence-electron chi connectivity index (χ0n) is 22.1. The molecular weight excluding hydrogens is 516 g/mol. The maximum atomic E-state index is 13.5. The van der Waals surface area contributed by atoms with Crippen molar-refractivity contribution in [3.8, 4) is 17.2 Å². The molecule has 0 unspecified atom stereocenters. The fourth-order valence-electron chi connectivity index (χ4n) is 4.71. The molecule has 1 aromatic heterocycles. The molecule has 7 rings (SSSR count). The molecule has 4 aliphatic rings. The molecule has 1 saturated heterocycles. The number of carbonyl (C=O) groups is 3. The van der Waals surface area contributed by atoms with Gasteiger partial charge in [0.15, 0.2) is 12.3 Å². The van der Waals surface area contributed by atoms with Crippen LogP contribution in [0.4, 0.5) is 0 Å². The Bertz CT molecular complexity index is 1420. The summed E-state index contributed by atoms with van der Waals surface area (Å²) in [5.74, 6) is 1.49. The molecule has 0 radical (unpaired) electrons. The summed E-state index contributed by atoms with van der Waals surface area (Å²) < 4.78 is 23.0. The van der Waals surface area contributed by atoms with Gasteiger partial charge in [0.05, 0.1) is 19.2 Å². The van der Waals surface area contributed by atoms with Gasteiger partial charge in [0.1, 0.15) is 29.1 Å². The van der Waals surface area contributed by atoms with Gasteiger partial charge in [-0.05, 0) is 55.5 Å². The molecule has 40 heavy (non-hydrogen) atoms. The molecule has 1 aliphatic carbocycles. The van der Waals surface area contributed by atoms with Gasteiger partial charge in [-0.1, -0.05) is 17.3 Å². The lowest BCUT2D eigenvalue weighted by molar-refractivity contribution is -0.123. The molecule has 3 amide bonds. The van der Waals surface area contributed by atoms with Crippen molar-refractivity contribution in [2.45, 2.75) is 38.5 Å². The van der Waals surface area contributed by atoms with E-state index in [1.165, 1.54) is 0 Å². The molecule has 4 bridgehead atoms. The number of amides is 3. The molecule has 0 spiro atoms. The largest absolute Gasteiger partial charge is 0.493 e. The van der Waals surface area contributed by atoms with Crippen LogP contribution >= 0.6 is 0 Å². The summed E-state index contributed by atoms with van der Waals surface area (Å²) >= 11 is 0. The average Bonchev–Trinajstić information content (AvgIpc) is 3.56. The lowest BCUT2D eigenvalue weighted by Gasteiger charge is -2.21. The Balaban J connectivity index is 1.28. The minimum absolute atomic E-state index is 0.200. The average molecular weight is 547 g/mol. The van der Waals surface area contributed by atoms with Crippen LogP contribution in [0, 0.1) is 12.8 Å². The van der Waals surface area contributed by atoms with Crippen LogP contribution in [-0.2, 0) is 11.3 Å². The number of hydrogen-bond donors (Lipinski definition) is 2. The number of likely N-dealkylation sites (tertiary alicyclic amines) is 1. The van der Waals surface area contributed by atoms with Crippen molar-refractivity contribution in [2.24, 2.45) is 5.92 Å². The van der Waals surface area contributed by atoms with Gasteiger partial charge >= 0.3 is 0 Å². The zero-order valence-corrected chi connectivity index (χ0v) is 22.1. The predicted octanol–water partition coefficient (Wildman–Crippen LogP) is 2.48. The maximum Gasteiger partial charge on any atom is 0.276 e. The zero-order chi connectivity index (χ0) is 27.6. The second kappa shape index (κ2) is 10.9. The molecule has 2 atom stereocenters. The lowest BCUT2D eigenvalue weighted by Crippen LogP contribution is -2.45. The summed E-state index contributed by atoms with van der Waals surface area (Å²) in [5, 5.41) is 9.72. The highest BCUT2D eigenvalue weighted by molar-refractivity contribution is 5.96. The number of rotatable bonds is 4. The molecule has 2 fully saturated rings. The minimum Gasteiger partial charge on any atom is -0.493 e. The van der Waals surface area contributed by atoms with Gasteiger partial charge in [0.25, 0.3) is 17.7 Å². The second-order valence-electron chi connectivity index (χ2n) is 10.4. The predicted molar refractivity (Wildman–Crippen MR) is 141 cm³/mol. The normalized spacial score (nSPS) is 21.0. The number of nitrogens with one attached hydrogen (secondary N) is 2. The van der Waals surface area contributed by atoms with E-state index in [0.717, 1.165) is 18.4 Å². The summed E-state index contributed by atoms with van der Waals surface area (Å²) in [6.07, 6.45) is 1.72. The number of aromatic nitrogens is 1. The van der Waals surface area contributed by atoms with Gasteiger partial charge in [-0.2, -0.15) is 0 Å². The minimum atomic E-state index is -0.521. The van der Waals surface area contributed by atoms with Crippen molar-refractivity contribution in [1.29, 1.82) is 0 Å². The Hall–Kier alpha value is -4.54. The van der Waals surface area contributed by atoms with Crippen molar-refractivity contribution in [3.63, 3.8) is 0 Å². The Morgan fingerprint density at radius 2 is 1.90 bits per heavy atom. The Morgan fingerprint density at radius 3 is 2.65 bits per heavy atom. The summed E-state index contributed by atoms with van der Waals surface area (Å²) in [6, 6.07) is 13.3. The number of fused-ring (bicyclic) bond motifs is 7. The molecule has 2 aromatic carbocycles.